The minimum Gasteiger partial charge on any atom is -0.360 e. The van der Waals surface area contributed by atoms with Crippen molar-refractivity contribution < 1.29 is 14.1 Å². The normalized spacial score (nSPS) is 10.0. The number of hydrogen-bond acceptors (Lipinski definition) is 2. The molecule has 0 amide bonds. The Balaban J connectivity index is 2.74. The van der Waals surface area contributed by atoms with Crippen molar-refractivity contribution in [1.29, 1.82) is 0 Å². The van der Waals surface area contributed by atoms with Crippen LogP contribution >= 0.6 is 0 Å². The van der Waals surface area contributed by atoms with Gasteiger partial charge in [0.25, 0.3) is 0 Å². The van der Waals surface area contributed by atoms with Gasteiger partial charge < -0.3 is 4.74 Å². The fourth-order valence-corrected chi connectivity index (χ4v) is 1.20. The van der Waals surface area contributed by atoms with Crippen LogP contribution in [-0.4, -0.2) is 11.0 Å². The van der Waals surface area contributed by atoms with Crippen molar-refractivity contribution in [1.82, 2.24) is 4.57 Å². The van der Waals surface area contributed by atoms with Gasteiger partial charge in [0, 0.05) is 0 Å². The summed E-state index contributed by atoms with van der Waals surface area (Å²) in [6, 6.07) is 0.587. The standard InChI is InChI=1S/C9H15N2O2/c1-3-4-5-11-7-6-10(2)9(11)13-8-12/h6-8H,3-5H2,1-2H3/q+1. The summed E-state index contributed by atoms with van der Waals surface area (Å²) in [7, 11) is 1.85. The first kappa shape index (κ1) is 9.77. The number of rotatable bonds is 5. The molecule has 0 saturated heterocycles. The summed E-state index contributed by atoms with van der Waals surface area (Å²) in [6.45, 7) is 3.47. The van der Waals surface area contributed by atoms with Crippen LogP contribution in [0.4, 0.5) is 0 Å². The molecule has 1 aromatic rings. The van der Waals surface area contributed by atoms with E-state index in [1.54, 1.807) is 4.57 Å². The molecular formula is C9H15N2O2+. The van der Waals surface area contributed by atoms with E-state index in [4.69, 9.17) is 4.74 Å². The maximum atomic E-state index is 10.2. The molecular weight excluding hydrogens is 168 g/mol. The number of aromatic nitrogens is 2. The molecule has 0 atom stereocenters. The molecule has 0 fully saturated rings. The summed E-state index contributed by atoms with van der Waals surface area (Å²) in [4.78, 5) is 10.2. The smallest absolute Gasteiger partial charge is 0.360 e. The topological polar surface area (TPSA) is 35.1 Å². The third-order valence-electron chi connectivity index (χ3n) is 1.92. The zero-order valence-corrected chi connectivity index (χ0v) is 8.06. The highest BCUT2D eigenvalue weighted by Gasteiger charge is 2.14. The molecule has 0 aromatic carbocycles. The van der Waals surface area contributed by atoms with E-state index in [0.29, 0.717) is 12.5 Å². The number of carbonyl (C=O) groups is 1. The number of unbranched alkanes of at least 4 members (excludes halogenated alkanes) is 1. The van der Waals surface area contributed by atoms with Crippen LogP contribution in [0.1, 0.15) is 19.8 Å². The van der Waals surface area contributed by atoms with Gasteiger partial charge in [-0.1, -0.05) is 13.3 Å². The summed E-state index contributed by atoms with van der Waals surface area (Å²) in [6.07, 6.45) is 6.00. The van der Waals surface area contributed by atoms with Crippen molar-refractivity contribution in [3.8, 4) is 6.01 Å². The molecule has 0 aliphatic heterocycles. The van der Waals surface area contributed by atoms with Gasteiger partial charge >= 0.3 is 12.5 Å². The summed E-state index contributed by atoms with van der Waals surface area (Å²) in [5.74, 6) is 0. The lowest BCUT2D eigenvalue weighted by atomic mass is 10.3. The van der Waals surface area contributed by atoms with E-state index >= 15 is 0 Å². The second-order valence-electron chi connectivity index (χ2n) is 2.95. The van der Waals surface area contributed by atoms with Crippen molar-refractivity contribution >= 4 is 6.47 Å². The molecule has 13 heavy (non-hydrogen) atoms. The lowest BCUT2D eigenvalue weighted by molar-refractivity contribution is -0.674. The maximum Gasteiger partial charge on any atom is 0.463 e. The molecule has 4 heteroatoms. The zero-order chi connectivity index (χ0) is 9.68. The van der Waals surface area contributed by atoms with Crippen molar-refractivity contribution in [2.24, 2.45) is 7.05 Å². The molecule has 0 N–H and O–H groups in total. The lowest BCUT2D eigenvalue weighted by Crippen LogP contribution is -2.28. The number of ether oxygens (including phenoxy) is 1. The Labute approximate surface area is 77.7 Å². The van der Waals surface area contributed by atoms with Gasteiger partial charge in [-0.15, -0.1) is 0 Å². The van der Waals surface area contributed by atoms with Crippen LogP contribution < -0.4 is 9.30 Å². The molecule has 0 aliphatic carbocycles. The number of aryl methyl sites for hydroxylation is 2. The van der Waals surface area contributed by atoms with Crippen LogP contribution in [0.3, 0.4) is 0 Å². The van der Waals surface area contributed by atoms with Crippen LogP contribution in [0.25, 0.3) is 0 Å². The third-order valence-corrected chi connectivity index (χ3v) is 1.92. The van der Waals surface area contributed by atoms with Gasteiger partial charge in [0.15, 0.2) is 0 Å². The summed E-state index contributed by atoms with van der Waals surface area (Å²) in [5.41, 5.74) is 0. The van der Waals surface area contributed by atoms with Gasteiger partial charge in [-0.25, -0.2) is 0 Å². The predicted octanol–water partition coefficient (Wildman–Crippen LogP) is 0.648. The molecule has 1 rings (SSSR count). The molecule has 72 valence electrons. The molecule has 0 bridgehead atoms. The van der Waals surface area contributed by atoms with Crippen LogP contribution in [0.5, 0.6) is 6.01 Å². The second-order valence-corrected chi connectivity index (χ2v) is 2.95. The highest BCUT2D eigenvalue weighted by molar-refractivity contribution is 5.40. The van der Waals surface area contributed by atoms with E-state index in [1.165, 1.54) is 0 Å². The van der Waals surface area contributed by atoms with Gasteiger partial charge in [0.1, 0.15) is 12.4 Å². The average molecular weight is 183 g/mol. The quantitative estimate of drug-likeness (QED) is 0.496. The molecule has 0 saturated carbocycles. The van der Waals surface area contributed by atoms with E-state index < -0.39 is 0 Å². The third kappa shape index (κ3) is 2.31. The largest absolute Gasteiger partial charge is 0.463 e. The van der Waals surface area contributed by atoms with E-state index in [9.17, 15) is 4.79 Å². The molecule has 1 heterocycles. The maximum absolute atomic E-state index is 10.2. The lowest BCUT2D eigenvalue weighted by Gasteiger charge is -1.97. The Morgan fingerprint density at radius 3 is 3.08 bits per heavy atom. The molecule has 0 aliphatic rings. The van der Waals surface area contributed by atoms with Crippen molar-refractivity contribution in [3.05, 3.63) is 12.4 Å². The highest BCUT2D eigenvalue weighted by Crippen LogP contribution is 2.05. The minimum absolute atomic E-state index is 0.456. The van der Waals surface area contributed by atoms with Crippen LogP contribution in [-0.2, 0) is 18.4 Å². The fourth-order valence-electron chi connectivity index (χ4n) is 1.20. The Morgan fingerprint density at radius 1 is 1.69 bits per heavy atom. The molecule has 0 unspecified atom stereocenters. The average Bonchev–Trinajstić information content (AvgIpc) is 2.46. The summed E-state index contributed by atoms with van der Waals surface area (Å²) in [5, 5.41) is 0. The highest BCUT2D eigenvalue weighted by atomic mass is 16.5. The predicted molar refractivity (Wildman–Crippen MR) is 47.2 cm³/mol. The SMILES string of the molecule is CCCCn1cc[n+](C)c1OC=O. The number of carbonyl (C=O) groups excluding carboxylic acids is 1. The van der Waals surface area contributed by atoms with Crippen LogP contribution in [0.2, 0.25) is 0 Å². The van der Waals surface area contributed by atoms with E-state index in [2.05, 4.69) is 6.92 Å². The molecule has 4 nitrogen and oxygen atoms in total. The van der Waals surface area contributed by atoms with Gasteiger partial charge in [-0.2, -0.15) is 9.13 Å². The number of nitrogens with zero attached hydrogens (tertiary/aromatic N) is 2. The Bertz CT molecular complexity index is 281. The van der Waals surface area contributed by atoms with Crippen LogP contribution in [0, 0.1) is 0 Å². The van der Waals surface area contributed by atoms with Gasteiger partial charge in [-0.05, 0) is 6.42 Å². The molecule has 0 radical (unpaired) electrons. The Morgan fingerprint density at radius 2 is 2.46 bits per heavy atom. The van der Waals surface area contributed by atoms with Crippen molar-refractivity contribution in [3.63, 3.8) is 0 Å². The van der Waals surface area contributed by atoms with Gasteiger partial charge in [-0.3, -0.25) is 4.79 Å². The van der Waals surface area contributed by atoms with Gasteiger partial charge in [0.05, 0.1) is 13.6 Å². The van der Waals surface area contributed by atoms with E-state index in [0.717, 1.165) is 19.4 Å². The van der Waals surface area contributed by atoms with Gasteiger partial charge in [0.2, 0.25) is 0 Å². The minimum atomic E-state index is 0.456. The number of hydrogen-bond donors (Lipinski definition) is 0. The molecule has 0 spiro atoms. The van der Waals surface area contributed by atoms with Crippen LogP contribution in [0.15, 0.2) is 12.4 Å². The van der Waals surface area contributed by atoms with E-state index in [-0.39, 0.29) is 0 Å². The second kappa shape index (κ2) is 4.64. The molecule has 1 aromatic heterocycles. The zero-order valence-electron chi connectivity index (χ0n) is 8.06. The summed E-state index contributed by atoms with van der Waals surface area (Å²) >= 11 is 0. The first-order valence-electron chi connectivity index (χ1n) is 4.44. The Kier molecular flexibility index (Phi) is 3.49. The first-order chi connectivity index (χ1) is 6.29. The first-order valence-corrected chi connectivity index (χ1v) is 4.44. The summed E-state index contributed by atoms with van der Waals surface area (Å²) < 4.78 is 8.56. The monoisotopic (exact) mass is 183 g/mol. The van der Waals surface area contributed by atoms with Crippen molar-refractivity contribution in [2.45, 2.75) is 26.3 Å². The fraction of sp³-hybridized carbons (Fsp3) is 0.556. The van der Waals surface area contributed by atoms with Crippen molar-refractivity contribution in [2.75, 3.05) is 0 Å². The van der Waals surface area contributed by atoms with E-state index in [1.807, 2.05) is 24.0 Å². The number of imidazole rings is 1. The Hall–Kier alpha value is -1.32.